The molecule has 0 aliphatic carbocycles. The summed E-state index contributed by atoms with van der Waals surface area (Å²) in [6.45, 7) is 4.15. The van der Waals surface area contributed by atoms with Crippen LogP contribution in [0.5, 0.6) is 5.75 Å². The molecule has 0 amide bonds. The van der Waals surface area contributed by atoms with Crippen molar-refractivity contribution >= 4 is 11.9 Å². The van der Waals surface area contributed by atoms with E-state index >= 15 is 0 Å². The largest absolute Gasteiger partial charge is 0.493 e. The van der Waals surface area contributed by atoms with Crippen molar-refractivity contribution in [3.63, 3.8) is 0 Å². The molecule has 2 aromatic rings. The fourth-order valence-corrected chi connectivity index (χ4v) is 1.94. The molecule has 0 aliphatic rings. The summed E-state index contributed by atoms with van der Waals surface area (Å²) in [5, 5.41) is 8.98. The first kappa shape index (κ1) is 16.4. The summed E-state index contributed by atoms with van der Waals surface area (Å²) in [6.07, 6.45) is 2.61. The van der Waals surface area contributed by atoms with Crippen LogP contribution in [0, 0.1) is 0 Å². The van der Waals surface area contributed by atoms with Crippen molar-refractivity contribution < 1.29 is 24.2 Å². The normalized spacial score (nSPS) is 10.2. The molecule has 0 spiro atoms. The first-order valence-electron chi connectivity index (χ1n) is 7.06. The quantitative estimate of drug-likeness (QED) is 0.817. The molecule has 0 atom stereocenters. The first-order valence-corrected chi connectivity index (χ1v) is 7.06. The van der Waals surface area contributed by atoms with E-state index in [9.17, 15) is 9.59 Å². The molecule has 7 nitrogen and oxygen atoms in total. The minimum absolute atomic E-state index is 0.157. The Bertz CT molecular complexity index is 730. The topological polar surface area (TPSA) is 98.6 Å². The summed E-state index contributed by atoms with van der Waals surface area (Å²) in [5.74, 6) is -1.29. The van der Waals surface area contributed by atoms with Gasteiger partial charge in [0.15, 0.2) is 5.69 Å². The lowest BCUT2D eigenvalue weighted by molar-refractivity contribution is 0.0521. The number of hydrogen-bond donors (Lipinski definition) is 1. The van der Waals surface area contributed by atoms with Gasteiger partial charge in [0, 0.05) is 5.56 Å². The molecule has 1 N–H and O–H groups in total. The zero-order valence-electron chi connectivity index (χ0n) is 12.8. The third kappa shape index (κ3) is 3.82. The Morgan fingerprint density at radius 2 is 1.96 bits per heavy atom. The maximum absolute atomic E-state index is 11.9. The summed E-state index contributed by atoms with van der Waals surface area (Å²) < 4.78 is 10.5. The van der Waals surface area contributed by atoms with Gasteiger partial charge in [0.25, 0.3) is 0 Å². The van der Waals surface area contributed by atoms with E-state index in [1.54, 1.807) is 32.0 Å². The number of hydrogen-bond acceptors (Lipinski definition) is 6. The Hall–Kier alpha value is -2.96. The van der Waals surface area contributed by atoms with Crippen LogP contribution in [0.3, 0.4) is 0 Å². The summed E-state index contributed by atoms with van der Waals surface area (Å²) in [5.41, 5.74) is 1.12. The van der Waals surface area contributed by atoms with Crippen molar-refractivity contribution in [2.24, 2.45) is 0 Å². The van der Waals surface area contributed by atoms with Crippen LogP contribution in [0.1, 0.15) is 34.7 Å². The number of benzene rings is 1. The second-order valence-corrected chi connectivity index (χ2v) is 4.46. The van der Waals surface area contributed by atoms with E-state index in [-0.39, 0.29) is 12.3 Å². The monoisotopic (exact) mass is 316 g/mol. The van der Waals surface area contributed by atoms with Gasteiger partial charge in [-0.3, -0.25) is 4.98 Å². The van der Waals surface area contributed by atoms with Crippen molar-refractivity contribution in [3.05, 3.63) is 41.9 Å². The minimum atomic E-state index is -1.16. The summed E-state index contributed by atoms with van der Waals surface area (Å²) in [7, 11) is 0. The highest BCUT2D eigenvalue weighted by Crippen LogP contribution is 2.27. The maximum Gasteiger partial charge on any atom is 0.356 e. The van der Waals surface area contributed by atoms with Gasteiger partial charge in [-0.2, -0.15) is 0 Å². The van der Waals surface area contributed by atoms with Gasteiger partial charge >= 0.3 is 11.9 Å². The van der Waals surface area contributed by atoms with Crippen LogP contribution >= 0.6 is 0 Å². The van der Waals surface area contributed by atoms with E-state index < -0.39 is 11.9 Å². The number of rotatable bonds is 6. The molecule has 23 heavy (non-hydrogen) atoms. The van der Waals surface area contributed by atoms with Crippen LogP contribution < -0.4 is 4.74 Å². The van der Waals surface area contributed by atoms with Gasteiger partial charge in [-0.15, -0.1) is 0 Å². The lowest BCUT2D eigenvalue weighted by Gasteiger charge is -2.11. The Labute approximate surface area is 132 Å². The second-order valence-electron chi connectivity index (χ2n) is 4.46. The van der Waals surface area contributed by atoms with E-state index in [2.05, 4.69) is 9.97 Å². The molecular formula is C16H16N2O5. The van der Waals surface area contributed by atoms with Crippen LogP contribution in [0.15, 0.2) is 30.6 Å². The Morgan fingerprint density at radius 3 is 2.61 bits per heavy atom. The van der Waals surface area contributed by atoms with E-state index in [0.717, 1.165) is 0 Å². The van der Waals surface area contributed by atoms with Crippen LogP contribution in [0.25, 0.3) is 11.3 Å². The van der Waals surface area contributed by atoms with Gasteiger partial charge in [-0.05, 0) is 26.0 Å². The number of aromatic nitrogens is 2. The fourth-order valence-electron chi connectivity index (χ4n) is 1.94. The molecule has 0 radical (unpaired) electrons. The fraction of sp³-hybridized carbons (Fsp3) is 0.250. The molecule has 1 aromatic heterocycles. The Kier molecular flexibility index (Phi) is 5.24. The number of carbonyl (C=O) groups is 2. The van der Waals surface area contributed by atoms with Crippen LogP contribution in [0.2, 0.25) is 0 Å². The van der Waals surface area contributed by atoms with E-state index in [1.165, 1.54) is 12.4 Å². The van der Waals surface area contributed by atoms with E-state index in [1.807, 2.05) is 0 Å². The number of carboxylic acid groups (broad SMARTS) is 1. The molecule has 0 saturated heterocycles. The highest BCUT2D eigenvalue weighted by molar-refractivity contribution is 5.93. The molecule has 0 bridgehead atoms. The number of nitrogens with zero attached hydrogens (tertiary/aromatic N) is 2. The summed E-state index contributed by atoms with van der Waals surface area (Å²) in [6, 6.07) is 4.82. The number of carbonyl (C=O) groups excluding carboxylic acids is 1. The number of aromatic carboxylic acids is 1. The van der Waals surface area contributed by atoms with Gasteiger partial charge in [-0.1, -0.05) is 6.07 Å². The molecule has 7 heteroatoms. The maximum atomic E-state index is 11.9. The van der Waals surface area contributed by atoms with E-state index in [4.69, 9.17) is 14.6 Å². The molecule has 0 unspecified atom stereocenters. The van der Waals surface area contributed by atoms with Crippen LogP contribution in [0.4, 0.5) is 0 Å². The van der Waals surface area contributed by atoms with Crippen molar-refractivity contribution in [2.45, 2.75) is 13.8 Å². The van der Waals surface area contributed by atoms with Crippen LogP contribution in [-0.2, 0) is 4.74 Å². The third-order valence-corrected chi connectivity index (χ3v) is 2.93. The average Bonchev–Trinajstić information content (AvgIpc) is 2.55. The molecular weight excluding hydrogens is 300 g/mol. The second kappa shape index (κ2) is 7.35. The molecule has 1 heterocycles. The highest BCUT2D eigenvalue weighted by Gasteiger charge is 2.16. The first-order chi connectivity index (χ1) is 11.1. The van der Waals surface area contributed by atoms with Gasteiger partial charge in [0.1, 0.15) is 11.3 Å². The number of esters is 1. The van der Waals surface area contributed by atoms with E-state index in [0.29, 0.717) is 29.2 Å². The predicted molar refractivity (Wildman–Crippen MR) is 81.6 cm³/mol. The standard InChI is InChI=1S/C16H16N2O5/c1-3-22-14-7-10(5-6-11(14)16(21)23-4-2)12-8-17-9-13(18-12)15(19)20/h5-9H,3-4H2,1-2H3,(H,19,20). The molecule has 120 valence electrons. The molecule has 0 aliphatic heterocycles. The minimum Gasteiger partial charge on any atom is -0.493 e. The van der Waals surface area contributed by atoms with Gasteiger partial charge < -0.3 is 14.6 Å². The molecule has 0 saturated carbocycles. The van der Waals surface area contributed by atoms with Gasteiger partial charge in [0.2, 0.25) is 0 Å². The van der Waals surface area contributed by atoms with Crippen molar-refractivity contribution in [2.75, 3.05) is 13.2 Å². The summed E-state index contributed by atoms with van der Waals surface area (Å²) in [4.78, 5) is 30.8. The van der Waals surface area contributed by atoms with Gasteiger partial charge in [-0.25, -0.2) is 14.6 Å². The third-order valence-electron chi connectivity index (χ3n) is 2.93. The zero-order chi connectivity index (χ0) is 16.8. The smallest absolute Gasteiger partial charge is 0.356 e. The van der Waals surface area contributed by atoms with Crippen LogP contribution in [-0.4, -0.2) is 40.2 Å². The highest BCUT2D eigenvalue weighted by atomic mass is 16.5. The molecule has 2 rings (SSSR count). The van der Waals surface area contributed by atoms with Crippen molar-refractivity contribution in [1.29, 1.82) is 0 Å². The number of carboxylic acids is 1. The SMILES string of the molecule is CCOC(=O)c1ccc(-c2cncc(C(=O)O)n2)cc1OCC. The summed E-state index contributed by atoms with van der Waals surface area (Å²) >= 11 is 0. The van der Waals surface area contributed by atoms with Gasteiger partial charge in [0.05, 0.1) is 31.3 Å². The lowest BCUT2D eigenvalue weighted by atomic mass is 10.1. The molecule has 0 fully saturated rings. The van der Waals surface area contributed by atoms with Crippen molar-refractivity contribution in [1.82, 2.24) is 9.97 Å². The lowest BCUT2D eigenvalue weighted by Crippen LogP contribution is -2.08. The Balaban J connectivity index is 2.44. The molecule has 1 aromatic carbocycles. The van der Waals surface area contributed by atoms with Crippen molar-refractivity contribution in [3.8, 4) is 17.0 Å². The number of ether oxygens (including phenoxy) is 2. The zero-order valence-corrected chi connectivity index (χ0v) is 12.8. The predicted octanol–water partition coefficient (Wildman–Crippen LogP) is 2.42. The average molecular weight is 316 g/mol. The Morgan fingerprint density at radius 1 is 1.17 bits per heavy atom.